The third kappa shape index (κ3) is 0.904. The topological polar surface area (TPSA) is 37.3 Å². The molecule has 1 saturated carbocycles. The van der Waals surface area contributed by atoms with Crippen molar-refractivity contribution in [2.75, 3.05) is 0 Å². The van der Waals surface area contributed by atoms with Crippen LogP contribution in [0, 0.1) is 17.3 Å². The van der Waals surface area contributed by atoms with Gasteiger partial charge in [0.25, 0.3) is 0 Å². The zero-order valence-corrected chi connectivity index (χ0v) is 7.50. The van der Waals surface area contributed by atoms with Crippen molar-refractivity contribution >= 4 is 5.97 Å². The van der Waals surface area contributed by atoms with E-state index in [1.54, 1.807) is 0 Å². The van der Waals surface area contributed by atoms with Gasteiger partial charge >= 0.3 is 5.97 Å². The smallest absolute Gasteiger partial charge is 0.307 e. The maximum atomic E-state index is 10.5. The van der Waals surface area contributed by atoms with Gasteiger partial charge in [-0.2, -0.15) is 0 Å². The monoisotopic (exact) mass is 166 g/mol. The molecule has 2 heteroatoms. The van der Waals surface area contributed by atoms with E-state index in [0.29, 0.717) is 11.3 Å². The number of carboxylic acids is 1. The fourth-order valence-electron chi connectivity index (χ4n) is 2.68. The van der Waals surface area contributed by atoms with Crippen LogP contribution in [0.1, 0.15) is 26.7 Å². The summed E-state index contributed by atoms with van der Waals surface area (Å²) >= 11 is 0. The van der Waals surface area contributed by atoms with Gasteiger partial charge in [-0.15, -0.1) is 0 Å². The Morgan fingerprint density at radius 2 is 2.42 bits per heavy atom. The van der Waals surface area contributed by atoms with E-state index in [0.717, 1.165) is 17.9 Å². The van der Waals surface area contributed by atoms with Gasteiger partial charge in [-0.25, -0.2) is 0 Å². The van der Waals surface area contributed by atoms with Crippen LogP contribution in [0.25, 0.3) is 0 Å². The minimum atomic E-state index is -0.690. The first-order valence-corrected chi connectivity index (χ1v) is 4.44. The van der Waals surface area contributed by atoms with E-state index in [4.69, 9.17) is 5.11 Å². The molecule has 0 bridgehead atoms. The molecule has 0 unspecified atom stereocenters. The molecule has 12 heavy (non-hydrogen) atoms. The van der Waals surface area contributed by atoms with Crippen LogP contribution in [0.2, 0.25) is 0 Å². The van der Waals surface area contributed by atoms with Crippen molar-refractivity contribution < 1.29 is 9.90 Å². The molecule has 2 aliphatic carbocycles. The Bertz CT molecular complexity index is 263. The van der Waals surface area contributed by atoms with E-state index < -0.39 is 5.97 Å². The molecule has 0 radical (unpaired) electrons. The second kappa shape index (κ2) is 2.12. The molecule has 0 heterocycles. The van der Waals surface area contributed by atoms with Crippen LogP contribution in [-0.2, 0) is 4.79 Å². The summed E-state index contributed by atoms with van der Waals surface area (Å²) in [4.78, 5) is 10.5. The van der Waals surface area contributed by atoms with Gasteiger partial charge in [-0.1, -0.05) is 25.5 Å². The van der Waals surface area contributed by atoms with Crippen LogP contribution in [0.5, 0.6) is 0 Å². The number of carboxylic acid groups (broad SMARTS) is 1. The van der Waals surface area contributed by atoms with E-state index >= 15 is 0 Å². The molecule has 2 aliphatic rings. The molecule has 0 aromatic rings. The molecule has 0 aliphatic heterocycles. The molecule has 0 aromatic carbocycles. The summed E-state index contributed by atoms with van der Waals surface area (Å²) in [6.45, 7) is 4.47. The zero-order valence-electron chi connectivity index (χ0n) is 7.50. The number of carbonyl (C=O) groups is 1. The number of allylic oxidation sites excluding steroid dienone is 1. The molecule has 0 spiro atoms. The van der Waals surface area contributed by atoms with Crippen molar-refractivity contribution in [3.8, 4) is 0 Å². The summed E-state index contributed by atoms with van der Waals surface area (Å²) in [5, 5.41) is 8.64. The first-order valence-electron chi connectivity index (χ1n) is 4.44. The Labute approximate surface area is 72.3 Å². The Morgan fingerprint density at radius 1 is 1.75 bits per heavy atom. The van der Waals surface area contributed by atoms with Gasteiger partial charge in [0.1, 0.15) is 0 Å². The number of fused-ring (bicyclic) bond motifs is 1. The highest BCUT2D eigenvalue weighted by Gasteiger charge is 2.60. The quantitative estimate of drug-likeness (QED) is 0.637. The molecule has 0 aromatic heterocycles. The molecule has 1 N–H and O–H groups in total. The summed E-state index contributed by atoms with van der Waals surface area (Å²) in [5.74, 6) is 0.630. The summed E-state index contributed by atoms with van der Waals surface area (Å²) < 4.78 is 0. The van der Waals surface area contributed by atoms with Gasteiger partial charge in [0.2, 0.25) is 0 Å². The normalized spacial score (nSPS) is 35.7. The molecule has 1 fully saturated rings. The average Bonchev–Trinajstić information content (AvgIpc) is 2.36. The highest BCUT2D eigenvalue weighted by atomic mass is 16.4. The van der Waals surface area contributed by atoms with Crippen LogP contribution in [0.4, 0.5) is 0 Å². The number of hydrogen-bond acceptors (Lipinski definition) is 1. The second-order valence-corrected chi connectivity index (χ2v) is 4.49. The lowest BCUT2D eigenvalue weighted by molar-refractivity contribution is -0.136. The molecule has 0 amide bonds. The molecule has 2 rings (SSSR count). The number of aliphatic carboxylic acids is 1. The molecule has 0 saturated heterocycles. The second-order valence-electron chi connectivity index (χ2n) is 4.49. The van der Waals surface area contributed by atoms with Crippen LogP contribution >= 0.6 is 0 Å². The standard InChI is InChI=1S/C10H14O2/c1-10(2)7-4-3-6(9(7)10)5-8(11)12/h3,7,9H,4-5H2,1-2H3,(H,11,12)/t7-,9+/m1/s1. The summed E-state index contributed by atoms with van der Waals surface area (Å²) in [6, 6.07) is 0. The lowest BCUT2D eigenvalue weighted by Crippen LogP contribution is -2.02. The van der Waals surface area contributed by atoms with Gasteiger partial charge in [-0.05, 0) is 23.7 Å². The number of hydrogen-bond donors (Lipinski definition) is 1. The van der Waals surface area contributed by atoms with Gasteiger partial charge < -0.3 is 5.11 Å². The molecule has 2 nitrogen and oxygen atoms in total. The first-order chi connectivity index (χ1) is 5.53. The zero-order chi connectivity index (χ0) is 8.93. The highest BCUT2D eigenvalue weighted by Crippen LogP contribution is 2.67. The van der Waals surface area contributed by atoms with E-state index in [9.17, 15) is 4.79 Å². The molecular formula is C10H14O2. The summed E-state index contributed by atoms with van der Waals surface area (Å²) in [5.41, 5.74) is 1.55. The van der Waals surface area contributed by atoms with E-state index in [1.807, 2.05) is 0 Å². The van der Waals surface area contributed by atoms with Crippen molar-refractivity contribution in [3.05, 3.63) is 11.6 Å². The lowest BCUT2D eigenvalue weighted by Gasteiger charge is -2.07. The SMILES string of the molecule is CC1(C)[C@@H]2CC=C(CC(=O)O)[C@@H]21. The van der Waals surface area contributed by atoms with Crippen LogP contribution in [0.3, 0.4) is 0 Å². The lowest BCUT2D eigenvalue weighted by atomic mass is 9.98. The summed E-state index contributed by atoms with van der Waals surface area (Å²) in [6.07, 6.45) is 3.47. The van der Waals surface area contributed by atoms with Gasteiger partial charge in [-0.3, -0.25) is 4.79 Å². The minimum Gasteiger partial charge on any atom is -0.481 e. The van der Waals surface area contributed by atoms with Crippen LogP contribution < -0.4 is 0 Å². The third-order valence-electron chi connectivity index (χ3n) is 3.44. The Morgan fingerprint density at radius 3 is 2.83 bits per heavy atom. The fourth-order valence-corrected chi connectivity index (χ4v) is 2.68. The number of rotatable bonds is 2. The van der Waals surface area contributed by atoms with Crippen molar-refractivity contribution in [2.24, 2.45) is 17.3 Å². The maximum Gasteiger partial charge on any atom is 0.307 e. The predicted octanol–water partition coefficient (Wildman–Crippen LogP) is 2.06. The average molecular weight is 166 g/mol. The van der Waals surface area contributed by atoms with Crippen LogP contribution in [0.15, 0.2) is 11.6 Å². The largest absolute Gasteiger partial charge is 0.481 e. The molecule has 66 valence electrons. The van der Waals surface area contributed by atoms with Gasteiger partial charge in [0.05, 0.1) is 6.42 Å². The van der Waals surface area contributed by atoms with Crippen molar-refractivity contribution in [1.29, 1.82) is 0 Å². The highest BCUT2D eigenvalue weighted by molar-refractivity contribution is 5.71. The van der Waals surface area contributed by atoms with Gasteiger partial charge in [0, 0.05) is 0 Å². The minimum absolute atomic E-state index is 0.255. The Balaban J connectivity index is 2.07. The molecular weight excluding hydrogens is 152 g/mol. The molecule has 2 atom stereocenters. The third-order valence-corrected chi connectivity index (χ3v) is 3.44. The van der Waals surface area contributed by atoms with Gasteiger partial charge in [0.15, 0.2) is 0 Å². The van der Waals surface area contributed by atoms with E-state index in [2.05, 4.69) is 19.9 Å². The summed E-state index contributed by atoms with van der Waals surface area (Å²) in [7, 11) is 0. The van der Waals surface area contributed by atoms with Crippen molar-refractivity contribution in [1.82, 2.24) is 0 Å². The Kier molecular flexibility index (Phi) is 1.39. The van der Waals surface area contributed by atoms with Crippen molar-refractivity contribution in [3.63, 3.8) is 0 Å². The fraction of sp³-hybridized carbons (Fsp3) is 0.700. The van der Waals surface area contributed by atoms with E-state index in [-0.39, 0.29) is 6.42 Å². The predicted molar refractivity (Wildman–Crippen MR) is 45.7 cm³/mol. The van der Waals surface area contributed by atoms with Crippen molar-refractivity contribution in [2.45, 2.75) is 26.7 Å². The van der Waals surface area contributed by atoms with Crippen LogP contribution in [-0.4, -0.2) is 11.1 Å². The Hall–Kier alpha value is -0.790. The van der Waals surface area contributed by atoms with E-state index in [1.165, 1.54) is 0 Å². The first kappa shape index (κ1) is 7.84. The maximum absolute atomic E-state index is 10.5.